The molecule has 68 heavy (non-hydrogen) atoms. The second kappa shape index (κ2) is 26.1. The van der Waals surface area contributed by atoms with Crippen molar-refractivity contribution in [3.8, 4) is 0 Å². The van der Waals surface area contributed by atoms with E-state index in [0.717, 1.165) is 24.2 Å². The second-order valence-corrected chi connectivity index (χ2v) is 16.4. The number of primary amides is 1. The van der Waals surface area contributed by atoms with Gasteiger partial charge in [-0.05, 0) is 70.0 Å². The van der Waals surface area contributed by atoms with Crippen LogP contribution in [-0.4, -0.2) is 167 Å². The topological polar surface area (TPSA) is 417 Å². The highest BCUT2D eigenvalue weighted by Gasteiger charge is 2.39. The third-order valence-corrected chi connectivity index (χ3v) is 11.2. The van der Waals surface area contributed by atoms with Crippen LogP contribution in [0.5, 0.6) is 0 Å². The number of benzene rings is 1. The lowest BCUT2D eigenvalue weighted by molar-refractivity contribution is -0.142. The number of carboxylic acid groups (broad SMARTS) is 1. The summed E-state index contributed by atoms with van der Waals surface area (Å²) in [5.74, 6) is -8.47. The molecule has 2 aromatic rings. The van der Waals surface area contributed by atoms with Gasteiger partial charge in [0, 0.05) is 43.0 Å². The Balaban J connectivity index is 1.41. The molecule has 7 atom stereocenters. The van der Waals surface area contributed by atoms with Crippen molar-refractivity contribution in [1.82, 2.24) is 52.4 Å². The van der Waals surface area contributed by atoms with Crippen molar-refractivity contribution in [3.63, 3.8) is 0 Å². The van der Waals surface area contributed by atoms with E-state index in [9.17, 15) is 53.1 Å². The van der Waals surface area contributed by atoms with E-state index in [1.807, 2.05) is 0 Å². The molecule has 17 N–H and O–H groups in total. The zero-order valence-corrected chi connectivity index (χ0v) is 37.6. The minimum absolute atomic E-state index is 0.0938. The molecule has 0 spiro atoms. The molecule has 2 aliphatic rings. The first kappa shape index (κ1) is 53.3. The van der Waals surface area contributed by atoms with Gasteiger partial charge in [0.15, 0.2) is 5.96 Å². The standard InChI is InChI=1S/C42H62N14O12/c1-22(41(67)68)51-38(64)30(21-57)55-37(63)27(12-13-32(43)58)52-33(59)19-49-35(61)29(17-23-18-48-25-8-3-2-7-24(23)25)53-34(60)20-50-39(65)31-11-6-16-56(31)40(66)28(10-5-15-47-42(44)45)54-36(62)26-9-4-14-46-26/h2-3,7-8,18,22,26-31,46,48,57H,4-6,9-17,19-21H2,1H3,(H2,43,58)(H,49,61)(H,50,65)(H,51,64)(H,52,59)(H,53,60)(H,54,62)(H,55,63)(H,67,68)(H4,44,45,47)/t22-,26-,27-,28-,29-,30-,31-/m0/s1. The Morgan fingerprint density at radius 2 is 1.49 bits per heavy atom. The number of fused-ring (bicyclic) bond motifs is 1. The number of aliphatic hydroxyl groups is 1. The number of H-pyrrole nitrogens is 1. The first-order valence-electron chi connectivity index (χ1n) is 22.2. The third kappa shape index (κ3) is 16.2. The van der Waals surface area contributed by atoms with Gasteiger partial charge in [-0.3, -0.25) is 52.9 Å². The van der Waals surface area contributed by atoms with Crippen LogP contribution in [-0.2, 0) is 54.4 Å². The van der Waals surface area contributed by atoms with Crippen LogP contribution in [0.1, 0.15) is 63.9 Å². The molecule has 26 nitrogen and oxygen atoms in total. The first-order chi connectivity index (χ1) is 32.4. The molecule has 9 amide bonds. The summed E-state index contributed by atoms with van der Waals surface area (Å²) in [6, 6.07) is -1.11. The van der Waals surface area contributed by atoms with Gasteiger partial charge < -0.3 is 79.8 Å². The highest BCUT2D eigenvalue weighted by Crippen LogP contribution is 2.21. The molecule has 372 valence electrons. The lowest BCUT2D eigenvalue weighted by atomic mass is 10.0. The van der Waals surface area contributed by atoms with Crippen molar-refractivity contribution in [2.24, 2.45) is 22.2 Å². The van der Waals surface area contributed by atoms with Gasteiger partial charge in [-0.1, -0.05) is 18.2 Å². The SMILES string of the molecule is C[C@H](NC(=O)[C@H](CO)NC(=O)[C@H](CCC(N)=O)NC(=O)CNC(=O)[C@H](Cc1c[nH]c2ccccc12)NC(=O)CNC(=O)[C@@H]1CCCN1C(=O)[C@H](CCCN=C(N)N)NC(=O)[C@@H]1CCCN1)C(=O)O. The number of guanidine groups is 1. The van der Waals surface area contributed by atoms with Crippen LogP contribution in [0.15, 0.2) is 35.5 Å². The fourth-order valence-corrected chi connectivity index (χ4v) is 7.64. The molecule has 0 unspecified atom stereocenters. The number of carbonyl (C=O) groups excluding carboxylic acids is 9. The molecule has 26 heteroatoms. The number of para-hydroxylation sites is 1. The summed E-state index contributed by atoms with van der Waals surface area (Å²) < 4.78 is 0. The van der Waals surface area contributed by atoms with Gasteiger partial charge in [0.05, 0.1) is 25.7 Å². The molecule has 0 saturated carbocycles. The van der Waals surface area contributed by atoms with Crippen molar-refractivity contribution in [3.05, 3.63) is 36.0 Å². The summed E-state index contributed by atoms with van der Waals surface area (Å²) in [6.07, 6.45) is 3.49. The van der Waals surface area contributed by atoms with Gasteiger partial charge in [0.2, 0.25) is 53.2 Å². The fourth-order valence-electron chi connectivity index (χ4n) is 7.64. The Morgan fingerprint density at radius 3 is 2.15 bits per heavy atom. The number of aromatic amines is 1. The number of rotatable bonds is 26. The lowest BCUT2D eigenvalue weighted by Gasteiger charge is -2.29. The molecule has 0 aliphatic carbocycles. The maximum absolute atomic E-state index is 13.9. The number of likely N-dealkylation sites (tertiary alicyclic amines) is 1. The van der Waals surface area contributed by atoms with Gasteiger partial charge >= 0.3 is 5.97 Å². The number of aliphatic carboxylic acids is 1. The zero-order chi connectivity index (χ0) is 49.9. The van der Waals surface area contributed by atoms with E-state index in [2.05, 4.69) is 52.5 Å². The predicted molar refractivity (Wildman–Crippen MR) is 242 cm³/mol. The van der Waals surface area contributed by atoms with Crippen molar-refractivity contribution >= 4 is 76.0 Å². The predicted octanol–water partition coefficient (Wildman–Crippen LogP) is -5.47. The zero-order valence-electron chi connectivity index (χ0n) is 37.6. The number of nitrogens with one attached hydrogen (secondary N) is 9. The summed E-state index contributed by atoms with van der Waals surface area (Å²) in [5, 5.41) is 39.6. The fraction of sp³-hybridized carbons (Fsp3) is 0.548. The number of hydrogen-bond acceptors (Lipinski definition) is 13. The molecular weight excluding hydrogens is 893 g/mol. The Kier molecular flexibility index (Phi) is 20.5. The first-order valence-corrected chi connectivity index (χ1v) is 22.2. The number of carbonyl (C=O) groups is 10. The van der Waals surface area contributed by atoms with E-state index >= 15 is 0 Å². The monoisotopic (exact) mass is 954 g/mol. The normalized spacial score (nSPS) is 17.6. The van der Waals surface area contributed by atoms with E-state index in [4.69, 9.17) is 22.3 Å². The third-order valence-electron chi connectivity index (χ3n) is 11.2. The number of nitrogens with zero attached hydrogens (tertiary/aromatic N) is 2. The highest BCUT2D eigenvalue weighted by molar-refractivity contribution is 5.97. The van der Waals surface area contributed by atoms with Crippen LogP contribution in [0.2, 0.25) is 0 Å². The molecule has 2 aliphatic heterocycles. The minimum Gasteiger partial charge on any atom is -0.480 e. The highest BCUT2D eigenvalue weighted by atomic mass is 16.4. The van der Waals surface area contributed by atoms with Gasteiger partial charge in [0.1, 0.15) is 36.3 Å². The molecule has 0 radical (unpaired) electrons. The number of aliphatic imine (C=N–C) groups is 1. The molecule has 1 aromatic heterocycles. The van der Waals surface area contributed by atoms with Gasteiger partial charge in [-0.25, -0.2) is 0 Å². The molecular formula is C42H62N14O12. The van der Waals surface area contributed by atoms with E-state index in [1.54, 1.807) is 30.5 Å². The van der Waals surface area contributed by atoms with Crippen molar-refractivity contribution in [2.75, 3.05) is 39.3 Å². The average Bonchev–Trinajstić information content (AvgIpc) is 4.11. The molecule has 2 fully saturated rings. The maximum Gasteiger partial charge on any atom is 0.325 e. The number of aromatic nitrogens is 1. The van der Waals surface area contributed by atoms with E-state index < -0.39 is 122 Å². The van der Waals surface area contributed by atoms with Gasteiger partial charge in [0.25, 0.3) is 0 Å². The van der Waals surface area contributed by atoms with Crippen molar-refractivity contribution in [2.45, 2.75) is 107 Å². The van der Waals surface area contributed by atoms with Crippen LogP contribution in [0.25, 0.3) is 10.9 Å². The quantitative estimate of drug-likeness (QED) is 0.0238. The lowest BCUT2D eigenvalue weighted by Crippen LogP contribution is -2.57. The summed E-state index contributed by atoms with van der Waals surface area (Å²) >= 11 is 0. The average molecular weight is 955 g/mol. The molecule has 3 heterocycles. The second-order valence-electron chi connectivity index (χ2n) is 16.4. The summed E-state index contributed by atoms with van der Waals surface area (Å²) in [5.41, 5.74) is 17.5. The van der Waals surface area contributed by atoms with Crippen molar-refractivity contribution < 1.29 is 58.2 Å². The molecule has 1 aromatic carbocycles. The van der Waals surface area contributed by atoms with E-state index in [1.165, 1.54) is 4.90 Å². The smallest absolute Gasteiger partial charge is 0.325 e. The Labute approximate surface area is 390 Å². The van der Waals surface area contributed by atoms with Crippen LogP contribution in [0.4, 0.5) is 0 Å². The van der Waals surface area contributed by atoms with E-state index in [0.29, 0.717) is 31.4 Å². The summed E-state index contributed by atoms with van der Waals surface area (Å²) in [7, 11) is 0. The van der Waals surface area contributed by atoms with Crippen LogP contribution < -0.4 is 59.7 Å². The number of aliphatic hydroxyl groups excluding tert-OH is 1. The van der Waals surface area contributed by atoms with Gasteiger partial charge in [-0.15, -0.1) is 0 Å². The minimum atomic E-state index is -1.64. The number of carboxylic acids is 1. The summed E-state index contributed by atoms with van der Waals surface area (Å²) in [4.78, 5) is 138. The summed E-state index contributed by atoms with van der Waals surface area (Å²) in [6.45, 7) is -0.0723. The number of amides is 9. The molecule has 4 rings (SSSR count). The number of nitrogens with two attached hydrogens (primary N) is 3. The van der Waals surface area contributed by atoms with Gasteiger partial charge in [-0.2, -0.15) is 0 Å². The van der Waals surface area contributed by atoms with Crippen LogP contribution in [0.3, 0.4) is 0 Å². The van der Waals surface area contributed by atoms with E-state index in [-0.39, 0.29) is 50.6 Å². The van der Waals surface area contributed by atoms with Crippen LogP contribution in [0, 0.1) is 0 Å². The Hall–Kier alpha value is -7.35. The van der Waals surface area contributed by atoms with Crippen molar-refractivity contribution in [1.29, 1.82) is 0 Å². The Bertz CT molecular complexity index is 2190. The number of hydrogen-bond donors (Lipinski definition) is 14. The largest absolute Gasteiger partial charge is 0.480 e. The maximum atomic E-state index is 13.9. The molecule has 0 bridgehead atoms. The Morgan fingerprint density at radius 1 is 0.794 bits per heavy atom. The van der Waals surface area contributed by atoms with Crippen LogP contribution >= 0.6 is 0 Å². The molecule has 2 saturated heterocycles.